The first kappa shape index (κ1) is 14.7. The fraction of sp³-hybridized carbons (Fsp3) is 0.500. The van der Waals surface area contributed by atoms with Crippen molar-refractivity contribution in [3.05, 3.63) is 35.9 Å². The highest BCUT2D eigenvalue weighted by Crippen LogP contribution is 2.19. The summed E-state index contributed by atoms with van der Waals surface area (Å²) in [7, 11) is 0. The lowest BCUT2D eigenvalue weighted by atomic mass is 9.90. The Morgan fingerprint density at radius 1 is 1.28 bits per heavy atom. The van der Waals surface area contributed by atoms with Crippen molar-refractivity contribution in [3.63, 3.8) is 0 Å². The predicted octanol–water partition coefficient (Wildman–Crippen LogP) is 1.14. The summed E-state index contributed by atoms with van der Waals surface area (Å²) in [6.45, 7) is 6.82. The van der Waals surface area contributed by atoms with Crippen molar-refractivity contribution in [2.24, 2.45) is 5.73 Å². The van der Waals surface area contributed by atoms with Gasteiger partial charge in [-0.05, 0) is 33.3 Å². The molecule has 2 unspecified atom stereocenters. The van der Waals surface area contributed by atoms with E-state index in [1.54, 1.807) is 27.7 Å². The van der Waals surface area contributed by atoms with Gasteiger partial charge in [0, 0.05) is 0 Å². The summed E-state index contributed by atoms with van der Waals surface area (Å²) in [5, 5.41) is 12.4. The number of aliphatic hydroxyl groups excluding tert-OH is 1. The second kappa shape index (κ2) is 5.08. The first-order valence-corrected chi connectivity index (χ1v) is 6.03. The maximum absolute atomic E-state index is 12.2. The molecule has 0 aliphatic heterocycles. The van der Waals surface area contributed by atoms with Gasteiger partial charge in [-0.25, -0.2) is 0 Å². The summed E-state index contributed by atoms with van der Waals surface area (Å²) < 4.78 is 0. The van der Waals surface area contributed by atoms with Crippen LogP contribution >= 0.6 is 0 Å². The first-order valence-electron chi connectivity index (χ1n) is 6.03. The van der Waals surface area contributed by atoms with Crippen LogP contribution in [0.3, 0.4) is 0 Å². The van der Waals surface area contributed by atoms with Gasteiger partial charge in [0.2, 0.25) is 5.91 Å². The molecular formula is C14H22N2O2. The smallest absolute Gasteiger partial charge is 0.244 e. The predicted molar refractivity (Wildman–Crippen MR) is 71.9 cm³/mol. The monoisotopic (exact) mass is 250 g/mol. The molecule has 0 aromatic heterocycles. The molecule has 4 N–H and O–H groups in total. The molecule has 18 heavy (non-hydrogen) atoms. The zero-order chi connectivity index (χ0) is 14.0. The van der Waals surface area contributed by atoms with Gasteiger partial charge in [0.05, 0.1) is 11.6 Å². The second-order valence-corrected chi connectivity index (χ2v) is 5.42. The molecule has 0 spiro atoms. The van der Waals surface area contributed by atoms with Crippen LogP contribution in [0.2, 0.25) is 0 Å². The van der Waals surface area contributed by atoms with Gasteiger partial charge in [-0.15, -0.1) is 0 Å². The fourth-order valence-corrected chi connectivity index (χ4v) is 1.44. The van der Waals surface area contributed by atoms with Crippen LogP contribution in [-0.2, 0) is 10.3 Å². The Bertz CT molecular complexity index is 411. The van der Waals surface area contributed by atoms with Crippen LogP contribution in [0.15, 0.2) is 30.3 Å². The van der Waals surface area contributed by atoms with Gasteiger partial charge in [-0.1, -0.05) is 30.3 Å². The molecule has 0 aliphatic carbocycles. The largest absolute Gasteiger partial charge is 0.391 e. The molecule has 1 rings (SSSR count). The van der Waals surface area contributed by atoms with Gasteiger partial charge in [0.25, 0.3) is 0 Å². The van der Waals surface area contributed by atoms with Crippen LogP contribution in [0.1, 0.15) is 33.3 Å². The Morgan fingerprint density at radius 3 is 2.22 bits per heavy atom. The minimum Gasteiger partial charge on any atom is -0.391 e. The molecule has 0 saturated heterocycles. The summed E-state index contributed by atoms with van der Waals surface area (Å²) >= 11 is 0. The quantitative estimate of drug-likeness (QED) is 0.750. The van der Waals surface area contributed by atoms with Crippen molar-refractivity contribution in [2.45, 2.75) is 44.9 Å². The van der Waals surface area contributed by atoms with Crippen LogP contribution in [0.25, 0.3) is 0 Å². The maximum atomic E-state index is 12.2. The Hall–Kier alpha value is -1.39. The molecule has 2 atom stereocenters. The lowest BCUT2D eigenvalue weighted by Crippen LogP contribution is -2.58. The van der Waals surface area contributed by atoms with E-state index < -0.39 is 17.2 Å². The van der Waals surface area contributed by atoms with Crippen LogP contribution in [0.4, 0.5) is 0 Å². The van der Waals surface area contributed by atoms with Gasteiger partial charge in [-0.2, -0.15) is 0 Å². The number of hydrogen-bond acceptors (Lipinski definition) is 3. The van der Waals surface area contributed by atoms with Crippen LogP contribution < -0.4 is 11.1 Å². The summed E-state index contributed by atoms with van der Waals surface area (Å²) in [4.78, 5) is 12.2. The second-order valence-electron chi connectivity index (χ2n) is 5.42. The van der Waals surface area contributed by atoms with Gasteiger partial charge < -0.3 is 16.2 Å². The average Bonchev–Trinajstić information content (AvgIpc) is 2.29. The molecule has 0 fully saturated rings. The number of nitrogens with two attached hydrogens (primary N) is 1. The highest BCUT2D eigenvalue weighted by Gasteiger charge is 2.35. The first-order chi connectivity index (χ1) is 8.18. The molecular weight excluding hydrogens is 228 g/mol. The molecule has 1 aromatic rings. The molecule has 0 radical (unpaired) electrons. The SMILES string of the molecule is CC(O)C(C)(C)NC(=O)C(C)(N)c1ccccc1. The molecule has 0 aliphatic rings. The van der Waals surface area contributed by atoms with Crippen LogP contribution in [0.5, 0.6) is 0 Å². The summed E-state index contributed by atoms with van der Waals surface area (Å²) in [6, 6.07) is 9.18. The minimum atomic E-state index is -1.12. The molecule has 4 heteroatoms. The van der Waals surface area contributed by atoms with E-state index in [9.17, 15) is 9.90 Å². The van der Waals surface area contributed by atoms with E-state index in [0.717, 1.165) is 5.56 Å². The van der Waals surface area contributed by atoms with Gasteiger partial charge in [-0.3, -0.25) is 4.79 Å². The van der Waals surface area contributed by atoms with Crippen LogP contribution in [-0.4, -0.2) is 22.7 Å². The van der Waals surface area contributed by atoms with Gasteiger partial charge in [0.1, 0.15) is 5.54 Å². The Morgan fingerprint density at radius 2 is 1.78 bits per heavy atom. The Balaban J connectivity index is 2.91. The molecule has 100 valence electrons. The van der Waals surface area contributed by atoms with Crippen molar-refractivity contribution in [2.75, 3.05) is 0 Å². The third kappa shape index (κ3) is 3.09. The fourth-order valence-electron chi connectivity index (χ4n) is 1.44. The van der Waals surface area contributed by atoms with E-state index in [0.29, 0.717) is 0 Å². The summed E-state index contributed by atoms with van der Waals surface area (Å²) in [5.74, 6) is -0.306. The zero-order valence-electron chi connectivity index (χ0n) is 11.4. The normalized spacial score (nSPS) is 16.8. The van der Waals surface area contributed by atoms with Crippen molar-refractivity contribution in [3.8, 4) is 0 Å². The van der Waals surface area contributed by atoms with E-state index in [2.05, 4.69) is 5.32 Å². The highest BCUT2D eigenvalue weighted by atomic mass is 16.3. The summed E-state index contributed by atoms with van der Waals surface area (Å²) in [5.41, 5.74) is 5.00. The number of nitrogens with one attached hydrogen (secondary N) is 1. The third-order valence-corrected chi connectivity index (χ3v) is 3.33. The summed E-state index contributed by atoms with van der Waals surface area (Å²) in [6.07, 6.45) is -0.659. The number of carbonyl (C=O) groups is 1. The topological polar surface area (TPSA) is 75.3 Å². The van der Waals surface area contributed by atoms with Crippen molar-refractivity contribution in [1.29, 1.82) is 0 Å². The number of carbonyl (C=O) groups excluding carboxylic acids is 1. The van der Waals surface area contributed by atoms with E-state index >= 15 is 0 Å². The standard InChI is InChI=1S/C14H22N2O2/c1-10(17)13(2,3)16-12(18)14(4,15)11-8-6-5-7-9-11/h5-10,17H,15H2,1-4H3,(H,16,18). The third-order valence-electron chi connectivity index (χ3n) is 3.33. The molecule has 0 saturated carbocycles. The molecule has 4 nitrogen and oxygen atoms in total. The molecule has 0 bridgehead atoms. The van der Waals surface area contributed by atoms with Crippen molar-refractivity contribution in [1.82, 2.24) is 5.32 Å². The van der Waals surface area contributed by atoms with E-state index in [4.69, 9.17) is 5.73 Å². The van der Waals surface area contributed by atoms with Crippen LogP contribution in [0, 0.1) is 0 Å². The van der Waals surface area contributed by atoms with Crippen molar-refractivity contribution < 1.29 is 9.90 Å². The van der Waals surface area contributed by atoms with E-state index in [1.807, 2.05) is 30.3 Å². The number of aliphatic hydroxyl groups is 1. The highest BCUT2D eigenvalue weighted by molar-refractivity contribution is 5.87. The lowest BCUT2D eigenvalue weighted by Gasteiger charge is -2.34. The minimum absolute atomic E-state index is 0.306. The van der Waals surface area contributed by atoms with Gasteiger partial charge >= 0.3 is 0 Å². The lowest BCUT2D eigenvalue weighted by molar-refractivity contribution is -0.129. The van der Waals surface area contributed by atoms with Crippen molar-refractivity contribution >= 4 is 5.91 Å². The Kier molecular flexibility index (Phi) is 4.14. The number of rotatable bonds is 4. The maximum Gasteiger partial charge on any atom is 0.244 e. The molecule has 1 amide bonds. The average molecular weight is 250 g/mol. The Labute approximate surface area is 108 Å². The zero-order valence-corrected chi connectivity index (χ0v) is 11.4. The van der Waals surface area contributed by atoms with E-state index in [1.165, 1.54) is 0 Å². The molecule has 1 aromatic carbocycles. The number of benzene rings is 1. The number of amides is 1. The molecule has 0 heterocycles. The van der Waals surface area contributed by atoms with E-state index in [-0.39, 0.29) is 5.91 Å². The van der Waals surface area contributed by atoms with Gasteiger partial charge in [0.15, 0.2) is 0 Å². The number of hydrogen-bond donors (Lipinski definition) is 3.